The highest BCUT2D eigenvalue weighted by Gasteiger charge is 2.28. The second-order valence-corrected chi connectivity index (χ2v) is 7.66. The number of hydrogen-bond acceptors (Lipinski definition) is 1. The Morgan fingerprint density at radius 3 is 2.68 bits per heavy atom. The molecule has 1 aliphatic carbocycles. The summed E-state index contributed by atoms with van der Waals surface area (Å²) in [5, 5.41) is 0. The Bertz CT molecular complexity index is 658. The molecule has 2 aromatic rings. The average Bonchev–Trinajstić information content (AvgIpc) is 2.65. The molecule has 1 aromatic carbocycles. The molecular weight excluding hydrogens is 320 g/mol. The fourth-order valence-corrected chi connectivity index (χ4v) is 3.83. The molecule has 0 radical (unpaired) electrons. The molecule has 3 rings (SSSR count). The number of imidazole rings is 1. The normalized spacial score (nSPS) is 19.9. The molecule has 102 valence electrons. The summed E-state index contributed by atoms with van der Waals surface area (Å²) < 4.78 is 4.28. The van der Waals surface area contributed by atoms with Crippen LogP contribution < -0.4 is 0 Å². The van der Waals surface area contributed by atoms with Gasteiger partial charge in [0.05, 0.1) is 11.0 Å². The predicted molar refractivity (Wildman–Crippen MR) is 86.1 cm³/mol. The van der Waals surface area contributed by atoms with E-state index < -0.39 is 0 Å². The van der Waals surface area contributed by atoms with Crippen LogP contribution in [-0.2, 0) is 0 Å². The van der Waals surface area contributed by atoms with Gasteiger partial charge in [0, 0.05) is 10.5 Å². The van der Waals surface area contributed by atoms with E-state index in [0.717, 1.165) is 14.8 Å². The van der Waals surface area contributed by atoms with Crippen molar-refractivity contribution in [1.29, 1.82) is 0 Å². The molecule has 19 heavy (non-hydrogen) atoms. The number of benzene rings is 1. The Labute approximate surface area is 127 Å². The Balaban J connectivity index is 2.01. The van der Waals surface area contributed by atoms with Crippen molar-refractivity contribution < 1.29 is 0 Å². The van der Waals surface area contributed by atoms with Gasteiger partial charge < -0.3 is 9.55 Å². The number of halogens is 1. The summed E-state index contributed by atoms with van der Waals surface area (Å²) in [5.74, 6) is 0. The van der Waals surface area contributed by atoms with E-state index in [1.165, 1.54) is 31.2 Å². The molecule has 2 nitrogen and oxygen atoms in total. The van der Waals surface area contributed by atoms with Crippen LogP contribution in [0.2, 0.25) is 0 Å². The topological polar surface area (TPSA) is 20.7 Å². The predicted octanol–water partition coefficient (Wildman–Crippen LogP) is 5.60. The van der Waals surface area contributed by atoms with Crippen LogP contribution in [0.4, 0.5) is 0 Å². The van der Waals surface area contributed by atoms with E-state index >= 15 is 0 Å². The van der Waals surface area contributed by atoms with Gasteiger partial charge in [0.1, 0.15) is 0 Å². The number of nitrogens with zero attached hydrogens (tertiary/aromatic N) is 1. The molecule has 1 aliphatic rings. The SMILES string of the molecule is CC1(C)CCC(n2c(=S)[nH]c3cc(Br)ccc32)CC1. The first-order valence-corrected chi connectivity index (χ1v) is 8.06. The van der Waals surface area contributed by atoms with Crippen LogP contribution in [0.3, 0.4) is 0 Å². The zero-order valence-corrected chi connectivity index (χ0v) is 13.8. The summed E-state index contributed by atoms with van der Waals surface area (Å²) in [6.07, 6.45) is 5.01. The minimum absolute atomic E-state index is 0.494. The molecule has 4 heteroatoms. The summed E-state index contributed by atoms with van der Waals surface area (Å²) >= 11 is 9.04. The van der Waals surface area contributed by atoms with Crippen molar-refractivity contribution in [3.8, 4) is 0 Å². The minimum atomic E-state index is 0.494. The molecule has 1 aromatic heterocycles. The van der Waals surface area contributed by atoms with E-state index in [9.17, 15) is 0 Å². The van der Waals surface area contributed by atoms with Gasteiger partial charge in [-0.3, -0.25) is 0 Å². The summed E-state index contributed by atoms with van der Waals surface area (Å²) in [6, 6.07) is 6.91. The van der Waals surface area contributed by atoms with Crippen molar-refractivity contribution >= 4 is 39.2 Å². The monoisotopic (exact) mass is 338 g/mol. The van der Waals surface area contributed by atoms with E-state index in [0.29, 0.717) is 11.5 Å². The molecule has 1 saturated carbocycles. The second-order valence-electron chi connectivity index (χ2n) is 6.36. The summed E-state index contributed by atoms with van der Waals surface area (Å²) in [7, 11) is 0. The van der Waals surface area contributed by atoms with Crippen molar-refractivity contribution in [1.82, 2.24) is 9.55 Å². The van der Waals surface area contributed by atoms with E-state index in [-0.39, 0.29) is 0 Å². The number of aromatic amines is 1. The first kappa shape index (κ1) is 13.4. The number of H-pyrrole nitrogens is 1. The Kier molecular flexibility index (Phi) is 3.34. The lowest BCUT2D eigenvalue weighted by molar-refractivity contribution is 0.195. The van der Waals surface area contributed by atoms with Gasteiger partial charge in [0.25, 0.3) is 0 Å². The number of fused-ring (bicyclic) bond motifs is 1. The van der Waals surface area contributed by atoms with E-state index in [2.05, 4.69) is 57.5 Å². The molecule has 0 unspecified atom stereocenters. The fourth-order valence-electron chi connectivity index (χ4n) is 3.11. The maximum absolute atomic E-state index is 5.53. The van der Waals surface area contributed by atoms with Crippen LogP contribution in [0.1, 0.15) is 45.6 Å². The molecule has 1 heterocycles. The minimum Gasteiger partial charge on any atom is -0.331 e. The van der Waals surface area contributed by atoms with Crippen molar-refractivity contribution in [3.63, 3.8) is 0 Å². The highest BCUT2D eigenvalue weighted by atomic mass is 79.9. The van der Waals surface area contributed by atoms with E-state index in [4.69, 9.17) is 12.2 Å². The van der Waals surface area contributed by atoms with Crippen molar-refractivity contribution in [2.24, 2.45) is 5.41 Å². The number of rotatable bonds is 1. The lowest BCUT2D eigenvalue weighted by atomic mass is 9.75. The number of hydrogen-bond donors (Lipinski definition) is 1. The summed E-state index contributed by atoms with van der Waals surface area (Å²) in [5.41, 5.74) is 2.86. The zero-order valence-electron chi connectivity index (χ0n) is 11.4. The maximum Gasteiger partial charge on any atom is 0.178 e. The largest absolute Gasteiger partial charge is 0.331 e. The van der Waals surface area contributed by atoms with Crippen molar-refractivity contribution in [2.75, 3.05) is 0 Å². The summed E-state index contributed by atoms with van der Waals surface area (Å²) in [4.78, 5) is 3.33. The van der Waals surface area contributed by atoms with Crippen LogP contribution in [0.5, 0.6) is 0 Å². The van der Waals surface area contributed by atoms with Crippen LogP contribution in [0.25, 0.3) is 11.0 Å². The zero-order chi connectivity index (χ0) is 13.6. The van der Waals surface area contributed by atoms with Gasteiger partial charge in [0.2, 0.25) is 0 Å². The molecule has 0 spiro atoms. The van der Waals surface area contributed by atoms with Crippen LogP contribution in [-0.4, -0.2) is 9.55 Å². The van der Waals surface area contributed by atoms with Gasteiger partial charge >= 0.3 is 0 Å². The van der Waals surface area contributed by atoms with Crippen LogP contribution in [0.15, 0.2) is 22.7 Å². The first-order valence-electron chi connectivity index (χ1n) is 6.86. The second kappa shape index (κ2) is 4.74. The maximum atomic E-state index is 5.53. The first-order chi connectivity index (χ1) is 8.96. The smallest absolute Gasteiger partial charge is 0.178 e. The molecule has 0 atom stereocenters. The third-order valence-corrected chi connectivity index (χ3v) is 5.14. The lowest BCUT2D eigenvalue weighted by Gasteiger charge is -2.35. The standard InChI is InChI=1S/C15H19BrN2S/c1-15(2)7-5-11(6-8-15)18-13-4-3-10(16)9-12(13)17-14(18)19/h3-4,9,11H,5-8H2,1-2H3,(H,17,19). The number of nitrogens with one attached hydrogen (secondary N) is 1. The Hall–Kier alpha value is -0.610. The Morgan fingerprint density at radius 1 is 1.32 bits per heavy atom. The quantitative estimate of drug-likeness (QED) is 0.671. The molecule has 0 aliphatic heterocycles. The van der Waals surface area contributed by atoms with Gasteiger partial charge in [-0.25, -0.2) is 0 Å². The molecule has 1 fully saturated rings. The van der Waals surface area contributed by atoms with Gasteiger partial charge in [-0.1, -0.05) is 29.8 Å². The molecule has 1 N–H and O–H groups in total. The fraction of sp³-hybridized carbons (Fsp3) is 0.533. The van der Waals surface area contributed by atoms with Gasteiger partial charge in [-0.15, -0.1) is 0 Å². The van der Waals surface area contributed by atoms with Crippen molar-refractivity contribution in [2.45, 2.75) is 45.6 Å². The molecule has 0 bridgehead atoms. The average molecular weight is 339 g/mol. The molecule has 0 saturated heterocycles. The van der Waals surface area contributed by atoms with Gasteiger partial charge in [0.15, 0.2) is 4.77 Å². The van der Waals surface area contributed by atoms with Crippen LogP contribution in [0, 0.1) is 10.2 Å². The van der Waals surface area contributed by atoms with Crippen LogP contribution >= 0.6 is 28.1 Å². The highest BCUT2D eigenvalue weighted by Crippen LogP contribution is 2.41. The lowest BCUT2D eigenvalue weighted by Crippen LogP contribution is -2.23. The summed E-state index contributed by atoms with van der Waals surface area (Å²) in [6.45, 7) is 4.74. The third kappa shape index (κ3) is 2.52. The third-order valence-electron chi connectivity index (χ3n) is 4.35. The number of aromatic nitrogens is 2. The van der Waals surface area contributed by atoms with Gasteiger partial charge in [-0.2, -0.15) is 0 Å². The van der Waals surface area contributed by atoms with E-state index in [1.54, 1.807) is 0 Å². The van der Waals surface area contributed by atoms with E-state index in [1.807, 2.05) is 0 Å². The Morgan fingerprint density at radius 2 is 2.00 bits per heavy atom. The molecular formula is C15H19BrN2S. The molecule has 0 amide bonds. The van der Waals surface area contributed by atoms with Gasteiger partial charge in [-0.05, 0) is 61.5 Å². The highest BCUT2D eigenvalue weighted by molar-refractivity contribution is 9.10. The van der Waals surface area contributed by atoms with Crippen molar-refractivity contribution in [3.05, 3.63) is 27.4 Å².